The van der Waals surface area contributed by atoms with Crippen molar-refractivity contribution in [2.45, 2.75) is 32.3 Å². The van der Waals surface area contributed by atoms with Gasteiger partial charge >= 0.3 is 0 Å². The Balaban J connectivity index is 3.16. The summed E-state index contributed by atoms with van der Waals surface area (Å²) in [6.07, 6.45) is 1.91. The van der Waals surface area contributed by atoms with E-state index in [9.17, 15) is 9.46 Å². The van der Waals surface area contributed by atoms with Crippen LogP contribution in [0.25, 0.3) is 0 Å². The van der Waals surface area contributed by atoms with E-state index in [-0.39, 0.29) is 13.2 Å². The summed E-state index contributed by atoms with van der Waals surface area (Å²) in [7, 11) is -0.114. The molecule has 1 N–H and O–H groups in total. The summed E-state index contributed by atoms with van der Waals surface area (Å²) in [5.41, 5.74) is -0.491. The summed E-state index contributed by atoms with van der Waals surface area (Å²) in [6.45, 7) is 5.39. The fraction of sp³-hybridized carbons (Fsp3) is 1.00. The van der Waals surface area contributed by atoms with Gasteiger partial charge in [0.2, 0.25) is 0 Å². The number of hydrogen-bond donors (Lipinski definition) is 1. The number of aliphatic hydroxyl groups excluding tert-OH is 1. The summed E-state index contributed by atoms with van der Waals surface area (Å²) < 4.78 is 26.7. The number of rotatable bonds is 16. The van der Waals surface area contributed by atoms with Gasteiger partial charge in [-0.05, 0) is 12.8 Å². The minimum absolute atomic E-state index is 0.0801. The third-order valence-electron chi connectivity index (χ3n) is 2.48. The Kier molecular flexibility index (Phi) is 15.8. The second kappa shape index (κ2) is 15.3. The molecule has 0 heterocycles. The van der Waals surface area contributed by atoms with Gasteiger partial charge in [0.05, 0.1) is 26.4 Å². The molecule has 0 aromatic heterocycles. The molecular formula is C13H28O6PS2-. The SMILES string of the molecule is CC(C)P(=O)([O-])OCCOCCCSSCCCOCCO. The van der Waals surface area contributed by atoms with Crippen LogP contribution in [0.3, 0.4) is 0 Å². The maximum absolute atomic E-state index is 11.4. The van der Waals surface area contributed by atoms with Crippen LogP contribution in [0.2, 0.25) is 0 Å². The van der Waals surface area contributed by atoms with Crippen LogP contribution in [0.5, 0.6) is 0 Å². The van der Waals surface area contributed by atoms with Crippen molar-refractivity contribution < 1.29 is 28.6 Å². The molecule has 1 atom stereocenters. The highest BCUT2D eigenvalue weighted by Crippen LogP contribution is 2.41. The molecule has 0 spiro atoms. The second-order valence-electron chi connectivity index (χ2n) is 4.77. The smallest absolute Gasteiger partial charge is 0.137 e. The van der Waals surface area contributed by atoms with E-state index >= 15 is 0 Å². The van der Waals surface area contributed by atoms with Crippen molar-refractivity contribution in [1.82, 2.24) is 0 Å². The average molecular weight is 375 g/mol. The van der Waals surface area contributed by atoms with E-state index in [1.807, 2.05) is 0 Å². The molecule has 0 rings (SSSR count). The van der Waals surface area contributed by atoms with E-state index in [4.69, 9.17) is 19.1 Å². The standard InChI is InChI=1S/C13H29O6PS2/c1-13(2)20(15,16)19-10-9-18-7-4-12-22-21-11-3-6-17-8-5-14/h13-14H,3-12H2,1-2H3,(H,15,16)/p-1. The lowest BCUT2D eigenvalue weighted by atomic mass is 10.5. The minimum Gasteiger partial charge on any atom is -0.778 e. The minimum atomic E-state index is -3.71. The average Bonchev–Trinajstić information content (AvgIpc) is 2.47. The predicted octanol–water partition coefficient (Wildman–Crippen LogP) is 2.15. The van der Waals surface area contributed by atoms with Gasteiger partial charge in [0.1, 0.15) is 7.60 Å². The molecule has 0 radical (unpaired) electrons. The molecule has 9 heteroatoms. The van der Waals surface area contributed by atoms with Gasteiger partial charge in [0, 0.05) is 30.4 Å². The fourth-order valence-electron chi connectivity index (χ4n) is 1.20. The lowest BCUT2D eigenvalue weighted by Gasteiger charge is -2.26. The monoisotopic (exact) mass is 375 g/mol. The van der Waals surface area contributed by atoms with Crippen LogP contribution in [0.1, 0.15) is 26.7 Å². The first-order valence-corrected chi connectivity index (χ1v) is 11.6. The molecule has 0 aliphatic carbocycles. The Labute approximate surface area is 141 Å². The maximum atomic E-state index is 11.4. The molecule has 134 valence electrons. The van der Waals surface area contributed by atoms with Crippen molar-refractivity contribution in [3.8, 4) is 0 Å². The Hall–Kier alpha value is 0.730. The number of ether oxygens (including phenoxy) is 2. The fourth-order valence-corrected chi connectivity index (χ4v) is 3.95. The molecule has 1 unspecified atom stereocenters. The van der Waals surface area contributed by atoms with Crippen molar-refractivity contribution in [1.29, 1.82) is 0 Å². The van der Waals surface area contributed by atoms with Gasteiger partial charge in [-0.15, -0.1) is 0 Å². The van der Waals surface area contributed by atoms with E-state index in [0.717, 1.165) is 24.3 Å². The third kappa shape index (κ3) is 14.3. The van der Waals surface area contributed by atoms with Crippen LogP contribution in [0, 0.1) is 0 Å². The van der Waals surface area contributed by atoms with E-state index in [1.54, 1.807) is 35.4 Å². The van der Waals surface area contributed by atoms with E-state index < -0.39 is 13.3 Å². The molecule has 0 amide bonds. The summed E-state index contributed by atoms with van der Waals surface area (Å²) in [5, 5.41) is 8.52. The first-order chi connectivity index (χ1) is 10.5. The van der Waals surface area contributed by atoms with Gasteiger partial charge in [-0.2, -0.15) is 0 Å². The van der Waals surface area contributed by atoms with Crippen LogP contribution >= 0.6 is 29.2 Å². The Morgan fingerprint density at radius 3 is 2.05 bits per heavy atom. The number of aliphatic hydroxyl groups is 1. The van der Waals surface area contributed by atoms with Crippen molar-refractivity contribution in [3.05, 3.63) is 0 Å². The van der Waals surface area contributed by atoms with E-state index in [2.05, 4.69) is 0 Å². The summed E-state index contributed by atoms with van der Waals surface area (Å²) in [5.74, 6) is 2.02. The Bertz CT molecular complexity index is 294. The van der Waals surface area contributed by atoms with Crippen molar-refractivity contribution in [2.24, 2.45) is 0 Å². The molecule has 22 heavy (non-hydrogen) atoms. The van der Waals surface area contributed by atoms with Gasteiger partial charge in [0.25, 0.3) is 0 Å². The Morgan fingerprint density at radius 1 is 1.00 bits per heavy atom. The van der Waals surface area contributed by atoms with Crippen LogP contribution in [0.4, 0.5) is 0 Å². The topological polar surface area (TPSA) is 88.1 Å². The van der Waals surface area contributed by atoms with Crippen molar-refractivity contribution >= 4 is 29.2 Å². The summed E-state index contributed by atoms with van der Waals surface area (Å²) in [4.78, 5) is 11.4. The molecule has 0 aliphatic rings. The lowest BCUT2D eigenvalue weighted by molar-refractivity contribution is -0.201. The van der Waals surface area contributed by atoms with Crippen LogP contribution in [-0.4, -0.2) is 61.9 Å². The van der Waals surface area contributed by atoms with Gasteiger partial charge < -0.3 is 28.6 Å². The van der Waals surface area contributed by atoms with Gasteiger partial charge in [-0.3, -0.25) is 0 Å². The van der Waals surface area contributed by atoms with Gasteiger partial charge in [-0.1, -0.05) is 35.4 Å². The summed E-state index contributed by atoms with van der Waals surface area (Å²) >= 11 is 0. The predicted molar refractivity (Wildman–Crippen MR) is 91.6 cm³/mol. The van der Waals surface area contributed by atoms with Gasteiger partial charge in [0.15, 0.2) is 0 Å². The van der Waals surface area contributed by atoms with Crippen LogP contribution in [-0.2, 0) is 18.6 Å². The lowest BCUT2D eigenvalue weighted by Crippen LogP contribution is -2.16. The summed E-state index contributed by atoms with van der Waals surface area (Å²) in [6, 6.07) is 0. The Morgan fingerprint density at radius 2 is 1.55 bits per heavy atom. The largest absolute Gasteiger partial charge is 0.778 e. The molecule has 0 saturated heterocycles. The molecule has 0 aromatic rings. The third-order valence-corrected chi connectivity index (χ3v) is 6.87. The highest BCUT2D eigenvalue weighted by molar-refractivity contribution is 8.76. The highest BCUT2D eigenvalue weighted by atomic mass is 33.1. The molecule has 0 saturated carbocycles. The zero-order valence-corrected chi connectivity index (χ0v) is 15.9. The van der Waals surface area contributed by atoms with E-state index in [0.29, 0.717) is 26.4 Å². The zero-order chi connectivity index (χ0) is 16.7. The van der Waals surface area contributed by atoms with Crippen molar-refractivity contribution in [2.75, 3.05) is 51.1 Å². The first-order valence-electron chi connectivity index (χ1n) is 7.46. The quantitative estimate of drug-likeness (QED) is 0.249. The van der Waals surface area contributed by atoms with Gasteiger partial charge in [-0.25, -0.2) is 0 Å². The normalized spacial score (nSPS) is 14.4. The highest BCUT2D eigenvalue weighted by Gasteiger charge is 2.12. The number of hydrogen-bond acceptors (Lipinski definition) is 8. The molecule has 0 bridgehead atoms. The van der Waals surface area contributed by atoms with Crippen LogP contribution in [0.15, 0.2) is 0 Å². The molecule has 6 nitrogen and oxygen atoms in total. The molecular weight excluding hydrogens is 347 g/mol. The zero-order valence-electron chi connectivity index (χ0n) is 13.4. The molecule has 0 fully saturated rings. The van der Waals surface area contributed by atoms with Crippen LogP contribution < -0.4 is 4.89 Å². The molecule has 0 aromatic carbocycles. The first kappa shape index (κ1) is 22.7. The van der Waals surface area contributed by atoms with Crippen molar-refractivity contribution in [3.63, 3.8) is 0 Å². The maximum Gasteiger partial charge on any atom is 0.137 e. The second-order valence-corrected chi connectivity index (χ2v) is 9.84. The molecule has 0 aliphatic heterocycles. The van der Waals surface area contributed by atoms with E-state index in [1.165, 1.54) is 0 Å².